The van der Waals surface area contributed by atoms with Crippen LogP contribution in [-0.2, 0) is 9.47 Å². The lowest BCUT2D eigenvalue weighted by molar-refractivity contribution is 0.0679. The Hall–Kier alpha value is -0.160. The first kappa shape index (κ1) is 17.9. The number of rotatable bonds is 10. The Morgan fingerprint density at radius 2 is 1.95 bits per heavy atom. The highest BCUT2D eigenvalue weighted by Gasteiger charge is 2.23. The summed E-state index contributed by atoms with van der Waals surface area (Å²) in [6.45, 7) is 13.9. The van der Waals surface area contributed by atoms with E-state index in [0.717, 1.165) is 32.1 Å². The molecule has 0 radical (unpaired) electrons. The Balaban J connectivity index is 1.96. The molecule has 4 heteroatoms. The molecule has 0 aliphatic carbocycles. The molecule has 1 atom stereocenters. The first-order valence-electron chi connectivity index (χ1n) is 8.05. The molecule has 120 valence electrons. The average molecular weight is 286 g/mol. The summed E-state index contributed by atoms with van der Waals surface area (Å²) in [4.78, 5) is 2.60. The Labute approximate surface area is 125 Å². The second-order valence-electron chi connectivity index (χ2n) is 6.90. The van der Waals surface area contributed by atoms with E-state index in [2.05, 4.69) is 31.0 Å². The van der Waals surface area contributed by atoms with E-state index >= 15 is 0 Å². The first-order chi connectivity index (χ1) is 9.51. The van der Waals surface area contributed by atoms with E-state index in [1.807, 2.05) is 0 Å². The molecule has 0 aromatic heterocycles. The molecular formula is C16H34N2O2. The number of likely N-dealkylation sites (tertiary alicyclic amines) is 1. The first-order valence-corrected chi connectivity index (χ1v) is 8.05. The van der Waals surface area contributed by atoms with Crippen molar-refractivity contribution in [3.8, 4) is 0 Å². The van der Waals surface area contributed by atoms with Gasteiger partial charge in [0.25, 0.3) is 0 Å². The third kappa shape index (κ3) is 8.90. The van der Waals surface area contributed by atoms with E-state index in [-0.39, 0.29) is 5.54 Å². The number of nitrogens with zero attached hydrogens (tertiary/aromatic N) is 1. The van der Waals surface area contributed by atoms with Gasteiger partial charge in [-0.25, -0.2) is 0 Å². The highest BCUT2D eigenvalue weighted by atomic mass is 16.5. The van der Waals surface area contributed by atoms with Crippen LogP contribution >= 0.6 is 0 Å². The molecule has 1 aliphatic rings. The van der Waals surface area contributed by atoms with Crippen LogP contribution in [0.1, 0.15) is 40.0 Å². The summed E-state index contributed by atoms with van der Waals surface area (Å²) >= 11 is 0. The van der Waals surface area contributed by atoms with Gasteiger partial charge < -0.3 is 19.7 Å². The van der Waals surface area contributed by atoms with Crippen molar-refractivity contribution >= 4 is 0 Å². The molecule has 1 fully saturated rings. The fourth-order valence-corrected chi connectivity index (χ4v) is 2.52. The van der Waals surface area contributed by atoms with Crippen molar-refractivity contribution in [3.05, 3.63) is 0 Å². The van der Waals surface area contributed by atoms with Crippen LogP contribution in [0.5, 0.6) is 0 Å². The zero-order valence-corrected chi connectivity index (χ0v) is 13.9. The van der Waals surface area contributed by atoms with Crippen molar-refractivity contribution in [3.63, 3.8) is 0 Å². The molecule has 1 aliphatic heterocycles. The average Bonchev–Trinajstić information content (AvgIpc) is 2.82. The number of nitrogens with one attached hydrogen (secondary N) is 1. The summed E-state index contributed by atoms with van der Waals surface area (Å²) in [6, 6.07) is 0. The Kier molecular flexibility index (Phi) is 8.69. The van der Waals surface area contributed by atoms with Crippen LogP contribution in [0.4, 0.5) is 0 Å². The molecular weight excluding hydrogens is 252 g/mol. The van der Waals surface area contributed by atoms with Crippen LogP contribution in [-0.4, -0.2) is 63.5 Å². The number of unbranched alkanes of at least 4 members (excludes halogenated alkanes) is 1. The van der Waals surface area contributed by atoms with Gasteiger partial charge in [-0.1, -0.05) is 0 Å². The lowest BCUT2D eigenvalue weighted by Crippen LogP contribution is -2.39. The Bertz CT molecular complexity index is 241. The summed E-state index contributed by atoms with van der Waals surface area (Å²) in [5.41, 5.74) is 0.243. The van der Waals surface area contributed by atoms with Crippen LogP contribution < -0.4 is 5.32 Å². The van der Waals surface area contributed by atoms with Crippen LogP contribution in [0.2, 0.25) is 0 Å². The van der Waals surface area contributed by atoms with Gasteiger partial charge in [-0.2, -0.15) is 0 Å². The second-order valence-corrected chi connectivity index (χ2v) is 6.90. The van der Waals surface area contributed by atoms with E-state index in [4.69, 9.17) is 9.47 Å². The van der Waals surface area contributed by atoms with Crippen molar-refractivity contribution in [2.24, 2.45) is 5.92 Å². The van der Waals surface area contributed by atoms with E-state index in [1.54, 1.807) is 7.11 Å². The maximum absolute atomic E-state index is 5.48. The maximum Gasteiger partial charge on any atom is 0.0700 e. The summed E-state index contributed by atoms with van der Waals surface area (Å²) in [6.07, 6.45) is 3.74. The smallest absolute Gasteiger partial charge is 0.0700 e. The van der Waals surface area contributed by atoms with Crippen LogP contribution in [0.3, 0.4) is 0 Å². The molecule has 1 heterocycles. The van der Waals surface area contributed by atoms with Gasteiger partial charge in [0.05, 0.1) is 13.2 Å². The second kappa shape index (κ2) is 9.72. The zero-order chi connectivity index (χ0) is 14.8. The van der Waals surface area contributed by atoms with Gasteiger partial charge in [0, 0.05) is 25.8 Å². The van der Waals surface area contributed by atoms with Crippen molar-refractivity contribution in [1.82, 2.24) is 10.2 Å². The molecule has 0 bridgehead atoms. The van der Waals surface area contributed by atoms with Gasteiger partial charge in [-0.3, -0.25) is 0 Å². The topological polar surface area (TPSA) is 33.7 Å². The van der Waals surface area contributed by atoms with E-state index in [0.29, 0.717) is 6.61 Å². The molecule has 20 heavy (non-hydrogen) atoms. The highest BCUT2D eigenvalue weighted by molar-refractivity contribution is 4.80. The van der Waals surface area contributed by atoms with Gasteiger partial charge in [0.15, 0.2) is 0 Å². The van der Waals surface area contributed by atoms with Gasteiger partial charge >= 0.3 is 0 Å². The fraction of sp³-hybridized carbons (Fsp3) is 1.00. The molecule has 4 nitrogen and oxygen atoms in total. The molecule has 1 rings (SSSR count). The summed E-state index contributed by atoms with van der Waals surface area (Å²) in [7, 11) is 1.71. The standard InChI is InChI=1S/C16H34N2O2/c1-16(2,3)17-13-15-7-9-18(14-15)8-5-6-10-20-12-11-19-4/h15,17H,5-14H2,1-4H3. The Morgan fingerprint density at radius 1 is 1.15 bits per heavy atom. The largest absolute Gasteiger partial charge is 0.382 e. The van der Waals surface area contributed by atoms with E-state index < -0.39 is 0 Å². The predicted octanol–water partition coefficient (Wildman–Crippen LogP) is 2.14. The molecule has 0 spiro atoms. The number of methoxy groups -OCH3 is 1. The molecule has 1 saturated heterocycles. The third-order valence-electron chi connectivity index (χ3n) is 3.74. The van der Waals surface area contributed by atoms with Gasteiger partial charge in [0.2, 0.25) is 0 Å². The fourth-order valence-electron chi connectivity index (χ4n) is 2.52. The monoisotopic (exact) mass is 286 g/mol. The minimum Gasteiger partial charge on any atom is -0.382 e. The summed E-state index contributed by atoms with van der Waals surface area (Å²) in [5.74, 6) is 0.826. The van der Waals surface area contributed by atoms with Crippen molar-refractivity contribution in [1.29, 1.82) is 0 Å². The third-order valence-corrected chi connectivity index (χ3v) is 3.74. The lowest BCUT2D eigenvalue weighted by atomic mass is 10.1. The predicted molar refractivity (Wildman–Crippen MR) is 84.2 cm³/mol. The molecule has 1 N–H and O–H groups in total. The van der Waals surface area contributed by atoms with Crippen LogP contribution in [0, 0.1) is 5.92 Å². The van der Waals surface area contributed by atoms with E-state index in [9.17, 15) is 0 Å². The van der Waals surface area contributed by atoms with Gasteiger partial charge in [-0.05, 0) is 65.6 Å². The molecule has 1 unspecified atom stereocenters. The van der Waals surface area contributed by atoms with Gasteiger partial charge in [-0.15, -0.1) is 0 Å². The molecule has 0 amide bonds. The summed E-state index contributed by atoms with van der Waals surface area (Å²) < 4.78 is 10.4. The zero-order valence-electron chi connectivity index (χ0n) is 13.9. The van der Waals surface area contributed by atoms with E-state index in [1.165, 1.54) is 32.5 Å². The lowest BCUT2D eigenvalue weighted by Gasteiger charge is -2.23. The number of hydrogen-bond donors (Lipinski definition) is 1. The molecule has 0 aromatic rings. The normalized spacial score (nSPS) is 20.7. The Morgan fingerprint density at radius 3 is 2.65 bits per heavy atom. The quantitative estimate of drug-likeness (QED) is 0.624. The van der Waals surface area contributed by atoms with Crippen molar-refractivity contribution in [2.75, 3.05) is 53.1 Å². The molecule has 0 saturated carbocycles. The summed E-state index contributed by atoms with van der Waals surface area (Å²) in [5, 5.41) is 3.62. The van der Waals surface area contributed by atoms with Crippen LogP contribution in [0.25, 0.3) is 0 Å². The van der Waals surface area contributed by atoms with Crippen LogP contribution in [0.15, 0.2) is 0 Å². The van der Waals surface area contributed by atoms with Gasteiger partial charge in [0.1, 0.15) is 0 Å². The SMILES string of the molecule is COCCOCCCCN1CCC(CNC(C)(C)C)C1. The minimum atomic E-state index is 0.243. The highest BCUT2D eigenvalue weighted by Crippen LogP contribution is 2.16. The van der Waals surface area contributed by atoms with Crippen molar-refractivity contribution in [2.45, 2.75) is 45.6 Å². The minimum absolute atomic E-state index is 0.243. The molecule has 0 aromatic carbocycles. The van der Waals surface area contributed by atoms with Crippen molar-refractivity contribution < 1.29 is 9.47 Å². The number of hydrogen-bond acceptors (Lipinski definition) is 4. The maximum atomic E-state index is 5.48. The number of ether oxygens (including phenoxy) is 2.